The number of H-pyrrole nitrogens is 1. The summed E-state index contributed by atoms with van der Waals surface area (Å²) in [5, 5.41) is 11.1. The number of ether oxygens (including phenoxy) is 1. The highest BCUT2D eigenvalue weighted by Gasteiger charge is 2.36. The van der Waals surface area contributed by atoms with Gasteiger partial charge in [-0.15, -0.1) is 0 Å². The Kier molecular flexibility index (Phi) is 5.59. The molecule has 0 spiro atoms. The lowest BCUT2D eigenvalue weighted by Crippen LogP contribution is -2.35. The first-order chi connectivity index (χ1) is 13.7. The molecule has 0 fully saturated rings. The quantitative estimate of drug-likeness (QED) is 0.433. The smallest absolute Gasteiger partial charge is 0.328 e. The average molecular weight is 397 g/mol. The van der Waals surface area contributed by atoms with Crippen molar-refractivity contribution >= 4 is 28.8 Å². The van der Waals surface area contributed by atoms with Crippen LogP contribution in [0.3, 0.4) is 0 Å². The molecule has 2 heterocycles. The van der Waals surface area contributed by atoms with Gasteiger partial charge in [0, 0.05) is 28.0 Å². The number of unbranched alkanes of at least 4 members (excludes halogenated alkanes) is 1. The normalized spacial score (nSPS) is 16.8. The second-order valence-electron chi connectivity index (χ2n) is 6.96. The lowest BCUT2D eigenvalue weighted by Gasteiger charge is -2.31. The van der Waals surface area contributed by atoms with E-state index in [-0.39, 0.29) is 0 Å². The van der Waals surface area contributed by atoms with E-state index in [2.05, 4.69) is 18.0 Å². The molecular formula is C22H24N2O3S. The fourth-order valence-corrected chi connectivity index (χ4v) is 4.64. The van der Waals surface area contributed by atoms with Crippen LogP contribution in [0.4, 0.5) is 0 Å². The maximum absolute atomic E-state index is 12.1. The third kappa shape index (κ3) is 3.75. The SMILES string of the molecule is CCCCOc1ccc(SN2CCc3c([nH]c4ccccc34)C2C(=O)O)cc1. The van der Waals surface area contributed by atoms with E-state index in [0.29, 0.717) is 6.54 Å². The summed E-state index contributed by atoms with van der Waals surface area (Å²) in [5.41, 5.74) is 2.92. The van der Waals surface area contributed by atoms with Gasteiger partial charge in [-0.25, -0.2) is 4.31 Å². The Hall–Kier alpha value is -2.44. The predicted octanol–water partition coefficient (Wildman–Crippen LogP) is 5.04. The topological polar surface area (TPSA) is 65.6 Å². The van der Waals surface area contributed by atoms with Gasteiger partial charge in [0.15, 0.2) is 6.04 Å². The minimum atomic E-state index is -0.834. The highest BCUT2D eigenvalue weighted by atomic mass is 32.2. The number of para-hydroxylation sites is 1. The molecule has 28 heavy (non-hydrogen) atoms. The molecule has 3 aromatic rings. The Balaban J connectivity index is 1.54. The number of nitrogens with zero attached hydrogens (tertiary/aromatic N) is 1. The second-order valence-corrected chi connectivity index (χ2v) is 8.08. The summed E-state index contributed by atoms with van der Waals surface area (Å²) in [7, 11) is 0. The Bertz CT molecular complexity index is 968. The van der Waals surface area contributed by atoms with E-state index in [1.807, 2.05) is 46.8 Å². The maximum Gasteiger partial charge on any atom is 0.328 e. The van der Waals surface area contributed by atoms with Crippen molar-refractivity contribution in [2.24, 2.45) is 0 Å². The Morgan fingerprint density at radius 1 is 1.25 bits per heavy atom. The summed E-state index contributed by atoms with van der Waals surface area (Å²) in [6.45, 7) is 3.55. The predicted molar refractivity (Wildman–Crippen MR) is 112 cm³/mol. The molecule has 1 aliphatic heterocycles. The number of fused-ring (bicyclic) bond motifs is 3. The van der Waals surface area contributed by atoms with E-state index >= 15 is 0 Å². The van der Waals surface area contributed by atoms with E-state index in [1.165, 1.54) is 11.9 Å². The first-order valence-corrected chi connectivity index (χ1v) is 10.4. The van der Waals surface area contributed by atoms with Crippen molar-refractivity contribution in [2.45, 2.75) is 37.1 Å². The van der Waals surface area contributed by atoms with E-state index in [9.17, 15) is 9.90 Å². The largest absolute Gasteiger partial charge is 0.494 e. The van der Waals surface area contributed by atoms with Gasteiger partial charge in [0.05, 0.1) is 6.61 Å². The van der Waals surface area contributed by atoms with E-state index in [1.54, 1.807) is 0 Å². The molecule has 1 aromatic heterocycles. The van der Waals surface area contributed by atoms with Crippen molar-refractivity contribution in [1.29, 1.82) is 0 Å². The van der Waals surface area contributed by atoms with Crippen LogP contribution < -0.4 is 4.74 Å². The zero-order chi connectivity index (χ0) is 19.5. The van der Waals surface area contributed by atoms with Gasteiger partial charge in [-0.3, -0.25) is 4.79 Å². The lowest BCUT2D eigenvalue weighted by molar-refractivity contribution is -0.141. The molecule has 5 nitrogen and oxygen atoms in total. The molecule has 146 valence electrons. The number of carboxylic acid groups (broad SMARTS) is 1. The molecule has 0 amide bonds. The highest BCUT2D eigenvalue weighted by molar-refractivity contribution is 7.97. The number of hydrogen-bond donors (Lipinski definition) is 2. The van der Waals surface area contributed by atoms with Gasteiger partial charge in [-0.2, -0.15) is 0 Å². The summed E-state index contributed by atoms with van der Waals surface area (Å²) in [6, 6.07) is 15.2. The Morgan fingerprint density at radius 2 is 2.04 bits per heavy atom. The Labute approximate surface area is 168 Å². The third-order valence-electron chi connectivity index (χ3n) is 5.04. The number of aromatic amines is 1. The summed E-state index contributed by atoms with van der Waals surface area (Å²) in [6.07, 6.45) is 2.97. The van der Waals surface area contributed by atoms with Gasteiger partial charge in [0.25, 0.3) is 0 Å². The van der Waals surface area contributed by atoms with Crippen LogP contribution in [0.5, 0.6) is 5.75 Å². The van der Waals surface area contributed by atoms with Crippen LogP contribution >= 0.6 is 11.9 Å². The van der Waals surface area contributed by atoms with Crippen LogP contribution in [0, 0.1) is 0 Å². The molecule has 4 rings (SSSR count). The molecule has 0 radical (unpaired) electrons. The van der Waals surface area contributed by atoms with Gasteiger partial charge in [0.2, 0.25) is 0 Å². The minimum absolute atomic E-state index is 0.686. The summed E-state index contributed by atoms with van der Waals surface area (Å²) < 4.78 is 7.66. The first-order valence-electron chi connectivity index (χ1n) is 9.67. The molecule has 1 unspecified atom stereocenters. The summed E-state index contributed by atoms with van der Waals surface area (Å²) in [5.74, 6) is 0.0173. The van der Waals surface area contributed by atoms with Crippen LogP contribution in [-0.4, -0.2) is 33.5 Å². The van der Waals surface area contributed by atoms with Crippen LogP contribution in [-0.2, 0) is 11.2 Å². The summed E-state index contributed by atoms with van der Waals surface area (Å²) >= 11 is 1.49. The molecule has 6 heteroatoms. The first kappa shape index (κ1) is 18.9. The van der Waals surface area contributed by atoms with Gasteiger partial charge in [-0.05, 0) is 60.7 Å². The second kappa shape index (κ2) is 8.29. The van der Waals surface area contributed by atoms with Crippen molar-refractivity contribution in [2.75, 3.05) is 13.2 Å². The Morgan fingerprint density at radius 3 is 2.79 bits per heavy atom. The van der Waals surface area contributed by atoms with Crippen LogP contribution in [0.1, 0.15) is 37.1 Å². The number of hydrogen-bond acceptors (Lipinski definition) is 4. The van der Waals surface area contributed by atoms with E-state index in [4.69, 9.17) is 4.74 Å². The number of rotatable bonds is 7. The maximum atomic E-state index is 12.1. The van der Waals surface area contributed by atoms with Gasteiger partial charge >= 0.3 is 5.97 Å². The number of nitrogens with one attached hydrogen (secondary N) is 1. The molecule has 2 aromatic carbocycles. The van der Waals surface area contributed by atoms with E-state index < -0.39 is 12.0 Å². The fourth-order valence-electron chi connectivity index (χ4n) is 3.63. The van der Waals surface area contributed by atoms with Crippen molar-refractivity contribution in [3.05, 3.63) is 59.8 Å². The number of carbonyl (C=O) groups is 1. The minimum Gasteiger partial charge on any atom is -0.494 e. The molecule has 0 saturated heterocycles. The number of carboxylic acids is 1. The zero-order valence-corrected chi connectivity index (χ0v) is 16.7. The van der Waals surface area contributed by atoms with Crippen LogP contribution in [0.2, 0.25) is 0 Å². The van der Waals surface area contributed by atoms with Crippen LogP contribution in [0.25, 0.3) is 10.9 Å². The third-order valence-corrected chi connectivity index (χ3v) is 6.15. The molecule has 2 N–H and O–H groups in total. The average Bonchev–Trinajstić information content (AvgIpc) is 3.07. The monoisotopic (exact) mass is 396 g/mol. The van der Waals surface area contributed by atoms with Gasteiger partial charge < -0.3 is 14.8 Å². The number of benzene rings is 2. The van der Waals surface area contributed by atoms with Crippen LogP contribution in [0.15, 0.2) is 53.4 Å². The molecule has 1 atom stereocenters. The number of aliphatic carboxylic acids is 1. The van der Waals surface area contributed by atoms with Crippen molar-refractivity contribution < 1.29 is 14.6 Å². The van der Waals surface area contributed by atoms with Crippen molar-refractivity contribution in [3.63, 3.8) is 0 Å². The molecular weight excluding hydrogens is 372 g/mol. The highest BCUT2D eigenvalue weighted by Crippen LogP contribution is 2.40. The molecule has 0 saturated carbocycles. The van der Waals surface area contributed by atoms with Crippen molar-refractivity contribution in [3.8, 4) is 5.75 Å². The molecule has 0 aliphatic carbocycles. The molecule has 0 bridgehead atoms. The van der Waals surface area contributed by atoms with E-state index in [0.717, 1.165) is 58.7 Å². The number of aromatic nitrogens is 1. The lowest BCUT2D eigenvalue weighted by atomic mass is 9.99. The zero-order valence-electron chi connectivity index (χ0n) is 15.9. The standard InChI is InChI=1S/C22H24N2O3S/c1-2-3-14-27-15-8-10-16(11-9-15)28-24-13-12-18-17-6-4-5-7-19(17)23-20(18)21(24)22(25)26/h4-11,21,23H,2-3,12-14H2,1H3,(H,25,26). The summed E-state index contributed by atoms with van der Waals surface area (Å²) in [4.78, 5) is 16.5. The van der Waals surface area contributed by atoms with Gasteiger partial charge in [-0.1, -0.05) is 31.5 Å². The fraction of sp³-hybridized carbons (Fsp3) is 0.318. The molecule has 1 aliphatic rings. The van der Waals surface area contributed by atoms with Crippen molar-refractivity contribution in [1.82, 2.24) is 9.29 Å². The van der Waals surface area contributed by atoms with Gasteiger partial charge in [0.1, 0.15) is 5.75 Å².